The minimum absolute atomic E-state index is 0.162. The van der Waals surface area contributed by atoms with Gasteiger partial charge in [0.05, 0.1) is 6.61 Å². The Morgan fingerprint density at radius 1 is 1.47 bits per heavy atom. The number of hydrogen-bond donors (Lipinski definition) is 0. The van der Waals surface area contributed by atoms with E-state index in [9.17, 15) is 9.18 Å². The van der Waals surface area contributed by atoms with Crippen LogP contribution in [0.5, 0.6) is 0 Å². The molecule has 0 radical (unpaired) electrons. The maximum absolute atomic E-state index is 12.8. The molecule has 1 aromatic rings. The average molecular weight is 206 g/mol. The first kappa shape index (κ1) is 9.90. The van der Waals surface area contributed by atoms with Gasteiger partial charge in [-0.05, 0) is 36.8 Å². The van der Waals surface area contributed by atoms with E-state index < -0.39 is 0 Å². The summed E-state index contributed by atoms with van der Waals surface area (Å²) in [6, 6.07) is 4.13. The van der Waals surface area contributed by atoms with E-state index in [4.69, 9.17) is 4.74 Å². The Kier molecular flexibility index (Phi) is 2.54. The molecule has 0 N–H and O–H groups in total. The van der Waals surface area contributed by atoms with Gasteiger partial charge in [-0.1, -0.05) is 0 Å². The van der Waals surface area contributed by atoms with Crippen LogP contribution < -0.4 is 0 Å². The van der Waals surface area contributed by atoms with Crippen LogP contribution in [-0.4, -0.2) is 12.4 Å². The molecule has 0 amide bonds. The Hall–Kier alpha value is -1.64. The Morgan fingerprint density at radius 2 is 2.27 bits per heavy atom. The highest BCUT2D eigenvalue weighted by Crippen LogP contribution is 2.18. The molecule has 1 heterocycles. The number of carbonyl (C=O) groups excluding carboxylic acids is 1. The summed E-state index contributed by atoms with van der Waals surface area (Å²) in [5, 5.41) is 0. The van der Waals surface area contributed by atoms with Gasteiger partial charge in [-0.3, -0.25) is 4.79 Å². The van der Waals surface area contributed by atoms with Crippen LogP contribution in [0.2, 0.25) is 0 Å². The molecule has 0 atom stereocenters. The highest BCUT2D eigenvalue weighted by Gasteiger charge is 2.18. The summed E-state index contributed by atoms with van der Waals surface area (Å²) in [5.74, 6) is -0.111. The van der Waals surface area contributed by atoms with Crippen molar-refractivity contribution in [3.8, 4) is 0 Å². The van der Waals surface area contributed by atoms with Crippen LogP contribution in [0.1, 0.15) is 22.3 Å². The van der Waals surface area contributed by atoms with Crippen molar-refractivity contribution < 1.29 is 13.9 Å². The Balaban J connectivity index is 2.33. The minimum atomic E-state index is -0.328. The molecular weight excluding hydrogens is 195 g/mol. The van der Waals surface area contributed by atoms with E-state index in [-0.39, 0.29) is 11.6 Å². The first-order chi connectivity index (χ1) is 7.18. The molecule has 0 aromatic heterocycles. The summed E-state index contributed by atoms with van der Waals surface area (Å²) in [7, 11) is 0. The van der Waals surface area contributed by atoms with Crippen LogP contribution >= 0.6 is 0 Å². The molecule has 0 fully saturated rings. The summed E-state index contributed by atoms with van der Waals surface area (Å²) < 4.78 is 18.0. The number of ether oxygens (including phenoxy) is 1. The minimum Gasteiger partial charge on any atom is -0.489 e. The number of halogens is 1. The van der Waals surface area contributed by atoms with Crippen LogP contribution in [0.25, 0.3) is 0 Å². The molecule has 1 aliphatic rings. The quantitative estimate of drug-likeness (QED) is 0.695. The molecule has 78 valence electrons. The van der Waals surface area contributed by atoms with Crippen LogP contribution in [0.3, 0.4) is 0 Å². The predicted octanol–water partition coefficient (Wildman–Crippen LogP) is 2.62. The van der Waals surface area contributed by atoms with Crippen molar-refractivity contribution in [3.05, 3.63) is 47.0 Å². The second-order valence-corrected chi connectivity index (χ2v) is 3.49. The summed E-state index contributed by atoms with van der Waals surface area (Å²) in [6.07, 6.45) is 2.53. The standard InChI is InChI=1S/C12H11FO2/c1-8-7-9(13)4-5-10(8)12(14)11-3-2-6-15-11/h3-5,7H,2,6H2,1H3. The molecule has 2 nitrogen and oxygen atoms in total. The molecule has 15 heavy (non-hydrogen) atoms. The van der Waals surface area contributed by atoms with Crippen molar-refractivity contribution in [2.24, 2.45) is 0 Å². The molecule has 0 unspecified atom stereocenters. The van der Waals surface area contributed by atoms with Crippen LogP contribution in [0, 0.1) is 12.7 Å². The highest BCUT2D eigenvalue weighted by molar-refractivity contribution is 6.08. The number of carbonyl (C=O) groups is 1. The molecule has 0 saturated carbocycles. The second kappa shape index (κ2) is 3.85. The largest absolute Gasteiger partial charge is 0.489 e. The molecule has 3 heteroatoms. The second-order valence-electron chi connectivity index (χ2n) is 3.49. The lowest BCUT2D eigenvalue weighted by Gasteiger charge is -2.05. The summed E-state index contributed by atoms with van der Waals surface area (Å²) in [6.45, 7) is 2.27. The molecule has 0 aliphatic carbocycles. The molecule has 0 saturated heterocycles. The van der Waals surface area contributed by atoms with E-state index >= 15 is 0 Å². The van der Waals surface area contributed by atoms with E-state index in [2.05, 4.69) is 0 Å². The van der Waals surface area contributed by atoms with E-state index in [1.54, 1.807) is 13.0 Å². The average Bonchev–Trinajstić information content (AvgIpc) is 2.69. The van der Waals surface area contributed by atoms with Gasteiger partial charge in [-0.15, -0.1) is 0 Å². The molecule has 1 aliphatic heterocycles. The van der Waals surface area contributed by atoms with Gasteiger partial charge in [0.25, 0.3) is 0 Å². The maximum atomic E-state index is 12.8. The Bertz CT molecular complexity index is 435. The summed E-state index contributed by atoms with van der Waals surface area (Å²) in [4.78, 5) is 11.9. The van der Waals surface area contributed by atoms with E-state index in [0.717, 1.165) is 6.42 Å². The monoisotopic (exact) mass is 206 g/mol. The van der Waals surface area contributed by atoms with Gasteiger partial charge in [-0.2, -0.15) is 0 Å². The van der Waals surface area contributed by atoms with E-state index in [1.165, 1.54) is 18.2 Å². The zero-order chi connectivity index (χ0) is 10.8. The normalized spacial score (nSPS) is 14.7. The van der Waals surface area contributed by atoms with Gasteiger partial charge in [0.15, 0.2) is 5.76 Å². The number of benzene rings is 1. The third-order valence-electron chi connectivity index (χ3n) is 2.36. The first-order valence-electron chi connectivity index (χ1n) is 4.82. The van der Waals surface area contributed by atoms with E-state index in [0.29, 0.717) is 23.5 Å². The Morgan fingerprint density at radius 3 is 2.87 bits per heavy atom. The molecule has 0 bridgehead atoms. The van der Waals surface area contributed by atoms with Crippen LogP contribution in [-0.2, 0) is 4.74 Å². The smallest absolute Gasteiger partial charge is 0.227 e. The van der Waals surface area contributed by atoms with Crippen LogP contribution in [0.15, 0.2) is 30.0 Å². The first-order valence-corrected chi connectivity index (χ1v) is 4.82. The summed E-state index contributed by atoms with van der Waals surface area (Å²) >= 11 is 0. The van der Waals surface area contributed by atoms with Crippen molar-refractivity contribution in [2.75, 3.05) is 6.61 Å². The van der Waals surface area contributed by atoms with Gasteiger partial charge in [-0.25, -0.2) is 4.39 Å². The Labute approximate surface area is 87.4 Å². The van der Waals surface area contributed by atoms with Crippen molar-refractivity contribution >= 4 is 5.78 Å². The number of ketones is 1. The van der Waals surface area contributed by atoms with Gasteiger partial charge in [0.2, 0.25) is 5.78 Å². The zero-order valence-corrected chi connectivity index (χ0v) is 8.42. The van der Waals surface area contributed by atoms with E-state index in [1.807, 2.05) is 0 Å². The summed E-state index contributed by atoms with van der Waals surface area (Å²) in [5.41, 5.74) is 1.14. The fourth-order valence-corrected chi connectivity index (χ4v) is 1.59. The fourth-order valence-electron chi connectivity index (χ4n) is 1.59. The maximum Gasteiger partial charge on any atom is 0.227 e. The SMILES string of the molecule is Cc1cc(F)ccc1C(=O)C1=CCCO1. The zero-order valence-electron chi connectivity index (χ0n) is 8.42. The third-order valence-corrected chi connectivity index (χ3v) is 2.36. The highest BCUT2D eigenvalue weighted by atomic mass is 19.1. The van der Waals surface area contributed by atoms with Crippen molar-refractivity contribution in [1.29, 1.82) is 0 Å². The van der Waals surface area contributed by atoms with Crippen LogP contribution in [0.4, 0.5) is 4.39 Å². The lowest BCUT2D eigenvalue weighted by Crippen LogP contribution is -2.06. The molecular formula is C12H11FO2. The molecule has 2 rings (SSSR count). The number of hydrogen-bond acceptors (Lipinski definition) is 2. The third kappa shape index (κ3) is 1.91. The number of Topliss-reactive ketones (excluding diaryl/α,β-unsaturated/α-hetero) is 1. The van der Waals surface area contributed by atoms with Crippen molar-refractivity contribution in [1.82, 2.24) is 0 Å². The van der Waals surface area contributed by atoms with Gasteiger partial charge >= 0.3 is 0 Å². The lowest BCUT2D eigenvalue weighted by molar-refractivity contribution is 0.0941. The molecule has 1 aromatic carbocycles. The molecule has 0 spiro atoms. The number of allylic oxidation sites excluding steroid dienone is 1. The van der Waals surface area contributed by atoms with Gasteiger partial charge < -0.3 is 4.74 Å². The lowest BCUT2D eigenvalue weighted by atomic mass is 10.0. The van der Waals surface area contributed by atoms with Gasteiger partial charge in [0.1, 0.15) is 5.82 Å². The predicted molar refractivity (Wildman–Crippen MR) is 54.1 cm³/mol. The number of aryl methyl sites for hydroxylation is 1. The fraction of sp³-hybridized carbons (Fsp3) is 0.250. The topological polar surface area (TPSA) is 26.3 Å². The van der Waals surface area contributed by atoms with Gasteiger partial charge in [0, 0.05) is 12.0 Å². The van der Waals surface area contributed by atoms with Crippen molar-refractivity contribution in [2.45, 2.75) is 13.3 Å². The number of rotatable bonds is 2. The van der Waals surface area contributed by atoms with Crippen molar-refractivity contribution in [3.63, 3.8) is 0 Å².